The summed E-state index contributed by atoms with van der Waals surface area (Å²) in [7, 11) is 1.54. The molecule has 1 aliphatic heterocycles. The van der Waals surface area contributed by atoms with E-state index < -0.39 is 11.6 Å². The minimum atomic E-state index is -0.641. The lowest BCUT2D eigenvalue weighted by Crippen LogP contribution is -2.36. The minimum Gasteiger partial charge on any atom is -0.482 e. The second kappa shape index (κ2) is 7.77. The quantitative estimate of drug-likeness (QED) is 0.693. The number of hydrogen-bond donors (Lipinski definition) is 1. The van der Waals surface area contributed by atoms with Gasteiger partial charge in [-0.2, -0.15) is 0 Å². The Kier molecular flexibility index (Phi) is 5.19. The Bertz CT molecular complexity index is 1020. The van der Waals surface area contributed by atoms with Gasteiger partial charge >= 0.3 is 0 Å². The van der Waals surface area contributed by atoms with E-state index in [0.717, 1.165) is 0 Å². The number of halogens is 3. The van der Waals surface area contributed by atoms with Gasteiger partial charge < -0.3 is 19.4 Å². The predicted octanol–water partition coefficient (Wildman–Crippen LogP) is 4.51. The molecule has 0 atom stereocenters. The summed E-state index contributed by atoms with van der Waals surface area (Å²) in [5.41, 5.74) is 2.14. The summed E-state index contributed by atoms with van der Waals surface area (Å²) in [6.07, 6.45) is 2.84. The Morgan fingerprint density at radius 1 is 1.14 bits per heavy atom. The Morgan fingerprint density at radius 2 is 1.86 bits per heavy atom. The molecule has 0 aliphatic carbocycles. The number of benzene rings is 1. The van der Waals surface area contributed by atoms with Crippen molar-refractivity contribution in [3.63, 3.8) is 0 Å². The molecule has 0 amide bonds. The molecule has 1 saturated heterocycles. The fraction of sp³-hybridized carbons (Fsp3) is 0.250. The highest BCUT2D eigenvalue weighted by Crippen LogP contribution is 2.27. The molecule has 3 heterocycles. The fourth-order valence-electron chi connectivity index (χ4n) is 3.14. The number of methoxy groups -OCH3 is 1. The Labute approximate surface area is 165 Å². The molecule has 1 aliphatic rings. The molecule has 4 rings (SSSR count). The number of aromatic nitrogens is 2. The van der Waals surface area contributed by atoms with Gasteiger partial charge in [-0.1, -0.05) is 11.6 Å². The molecule has 0 unspecified atom stereocenters. The fourth-order valence-corrected chi connectivity index (χ4v) is 3.36. The van der Waals surface area contributed by atoms with Gasteiger partial charge in [-0.15, -0.1) is 0 Å². The summed E-state index contributed by atoms with van der Waals surface area (Å²) in [4.78, 5) is 9.33. The number of aromatic amines is 1. The first-order valence-electron chi connectivity index (χ1n) is 8.78. The topological polar surface area (TPSA) is 50.4 Å². The monoisotopic (exact) mass is 405 g/mol. The normalized spacial score (nSPS) is 14.9. The molecule has 8 heteroatoms. The zero-order valence-electron chi connectivity index (χ0n) is 15.1. The number of fused-ring (bicyclic) bond motifs is 1. The number of nitrogens with zero attached hydrogens (tertiary/aromatic N) is 2. The van der Waals surface area contributed by atoms with Crippen LogP contribution < -0.4 is 9.64 Å². The standard InChI is InChI=1S/C20H18ClF2N3O2/c1-27-20-11-19-18(25-20)10-14(21)17(24-19)3-2-13-15(22)8-12(9-16(13)23)26-4-6-28-7-5-26/h2-3,8-11,25H,4-7H2,1H3. The van der Waals surface area contributed by atoms with Crippen molar-refractivity contribution in [3.8, 4) is 5.88 Å². The van der Waals surface area contributed by atoms with Crippen molar-refractivity contribution in [1.82, 2.24) is 9.97 Å². The number of H-pyrrole nitrogens is 1. The van der Waals surface area contributed by atoms with Gasteiger partial charge in [0.05, 0.1) is 42.1 Å². The van der Waals surface area contributed by atoms with Gasteiger partial charge in [-0.3, -0.25) is 0 Å². The molecule has 0 bridgehead atoms. The maximum Gasteiger partial charge on any atom is 0.193 e. The third-order valence-electron chi connectivity index (χ3n) is 4.63. The van der Waals surface area contributed by atoms with E-state index in [1.165, 1.54) is 24.3 Å². The van der Waals surface area contributed by atoms with E-state index in [0.29, 0.717) is 59.6 Å². The van der Waals surface area contributed by atoms with Crippen molar-refractivity contribution >= 4 is 40.5 Å². The van der Waals surface area contributed by atoms with Crippen LogP contribution >= 0.6 is 11.6 Å². The average molecular weight is 406 g/mol. The number of nitrogens with one attached hydrogen (secondary N) is 1. The van der Waals surface area contributed by atoms with Crippen LogP contribution in [0.15, 0.2) is 24.3 Å². The first kappa shape index (κ1) is 18.7. The van der Waals surface area contributed by atoms with Gasteiger partial charge in [0.15, 0.2) is 5.88 Å². The average Bonchev–Trinajstić information content (AvgIpc) is 3.09. The summed E-state index contributed by atoms with van der Waals surface area (Å²) < 4.78 is 39.5. The second-order valence-corrected chi connectivity index (χ2v) is 6.79. The lowest BCUT2D eigenvalue weighted by atomic mass is 10.1. The molecule has 146 valence electrons. The van der Waals surface area contributed by atoms with E-state index in [1.54, 1.807) is 19.2 Å². The maximum atomic E-state index is 14.5. The van der Waals surface area contributed by atoms with Gasteiger partial charge in [-0.05, 0) is 30.4 Å². The van der Waals surface area contributed by atoms with Crippen molar-refractivity contribution in [2.45, 2.75) is 0 Å². The van der Waals surface area contributed by atoms with Crippen LogP contribution in [-0.2, 0) is 4.74 Å². The van der Waals surface area contributed by atoms with Crippen LogP contribution in [0.2, 0.25) is 5.02 Å². The summed E-state index contributed by atoms with van der Waals surface area (Å²) in [5, 5.41) is 0.360. The molecule has 2 aromatic heterocycles. The molecule has 28 heavy (non-hydrogen) atoms. The number of ether oxygens (including phenoxy) is 2. The van der Waals surface area contributed by atoms with Gasteiger partial charge in [0.2, 0.25) is 0 Å². The molecule has 0 spiro atoms. The Morgan fingerprint density at radius 3 is 2.54 bits per heavy atom. The predicted molar refractivity (Wildman–Crippen MR) is 106 cm³/mol. The second-order valence-electron chi connectivity index (χ2n) is 6.38. The highest BCUT2D eigenvalue weighted by atomic mass is 35.5. The molecular formula is C20H18ClF2N3O2. The van der Waals surface area contributed by atoms with E-state index in [4.69, 9.17) is 21.1 Å². The van der Waals surface area contributed by atoms with Gasteiger partial charge in [-0.25, -0.2) is 13.8 Å². The summed E-state index contributed by atoms with van der Waals surface area (Å²) in [6, 6.07) is 6.09. The molecule has 3 aromatic rings. The number of rotatable bonds is 4. The molecule has 5 nitrogen and oxygen atoms in total. The van der Waals surface area contributed by atoms with E-state index in [-0.39, 0.29) is 5.56 Å². The first-order chi connectivity index (χ1) is 13.5. The summed E-state index contributed by atoms with van der Waals surface area (Å²) in [5.74, 6) is -0.730. The number of pyridine rings is 1. The lowest BCUT2D eigenvalue weighted by Gasteiger charge is -2.29. The SMILES string of the molecule is COc1cc2nc(C=Cc3c(F)cc(N4CCOCC4)cc3F)c(Cl)cc2[nH]1. The van der Waals surface area contributed by atoms with Crippen molar-refractivity contribution in [2.24, 2.45) is 0 Å². The third kappa shape index (κ3) is 3.68. The number of morpholine rings is 1. The summed E-state index contributed by atoms with van der Waals surface area (Å²) >= 11 is 6.25. The zero-order valence-corrected chi connectivity index (χ0v) is 15.9. The van der Waals surface area contributed by atoms with E-state index >= 15 is 0 Å². The van der Waals surface area contributed by atoms with E-state index in [1.807, 2.05) is 4.90 Å². The highest BCUT2D eigenvalue weighted by Gasteiger charge is 2.16. The van der Waals surface area contributed by atoms with Crippen molar-refractivity contribution < 1.29 is 18.3 Å². The largest absolute Gasteiger partial charge is 0.482 e. The first-order valence-corrected chi connectivity index (χ1v) is 9.16. The van der Waals surface area contributed by atoms with Crippen LogP contribution in [0, 0.1) is 11.6 Å². The summed E-state index contributed by atoms with van der Waals surface area (Å²) in [6.45, 7) is 2.30. The molecule has 1 N–H and O–H groups in total. The van der Waals surface area contributed by atoms with E-state index in [2.05, 4.69) is 9.97 Å². The van der Waals surface area contributed by atoms with Crippen molar-refractivity contribution in [1.29, 1.82) is 0 Å². The van der Waals surface area contributed by atoms with Crippen molar-refractivity contribution in [2.75, 3.05) is 38.3 Å². The van der Waals surface area contributed by atoms with Gasteiger partial charge in [0.1, 0.15) is 11.6 Å². The highest BCUT2D eigenvalue weighted by molar-refractivity contribution is 6.32. The molecular weight excluding hydrogens is 388 g/mol. The van der Waals surface area contributed by atoms with Crippen LogP contribution in [-0.4, -0.2) is 43.4 Å². The maximum absolute atomic E-state index is 14.5. The number of hydrogen-bond acceptors (Lipinski definition) is 4. The van der Waals surface area contributed by atoms with Gasteiger partial charge in [0.25, 0.3) is 0 Å². The molecule has 0 saturated carbocycles. The van der Waals surface area contributed by atoms with Crippen LogP contribution in [0.1, 0.15) is 11.3 Å². The molecule has 0 radical (unpaired) electrons. The Balaban J connectivity index is 1.64. The lowest BCUT2D eigenvalue weighted by molar-refractivity contribution is 0.122. The third-order valence-corrected chi connectivity index (χ3v) is 4.93. The number of anilines is 1. The van der Waals surface area contributed by atoms with Crippen molar-refractivity contribution in [3.05, 3.63) is 52.2 Å². The Hall–Kier alpha value is -2.64. The molecule has 1 fully saturated rings. The van der Waals surface area contributed by atoms with Crippen LogP contribution in [0.5, 0.6) is 5.88 Å². The zero-order chi connectivity index (χ0) is 19.7. The van der Waals surface area contributed by atoms with Crippen LogP contribution in [0.4, 0.5) is 14.5 Å². The van der Waals surface area contributed by atoms with Crippen LogP contribution in [0.25, 0.3) is 23.2 Å². The van der Waals surface area contributed by atoms with Crippen LogP contribution in [0.3, 0.4) is 0 Å². The van der Waals surface area contributed by atoms with E-state index in [9.17, 15) is 8.78 Å². The smallest absolute Gasteiger partial charge is 0.193 e. The van der Waals surface area contributed by atoms with Gasteiger partial charge in [0, 0.05) is 30.4 Å². The molecule has 1 aromatic carbocycles. The minimum absolute atomic E-state index is 0.137.